The van der Waals surface area contributed by atoms with Gasteiger partial charge in [-0.2, -0.15) is 0 Å². The van der Waals surface area contributed by atoms with E-state index in [4.69, 9.17) is 17.6 Å². The molecule has 7 nitrogen and oxygen atoms in total. The predicted octanol–water partition coefficient (Wildman–Crippen LogP) is 9.79. The Morgan fingerprint density at radius 2 is 1.05 bits per heavy atom. The molecule has 1 aliphatic heterocycles. The molecule has 236 valence electrons. The number of benzene rings is 2. The molecule has 1 aliphatic carbocycles. The molecule has 0 amide bonds. The Bertz CT molecular complexity index is 1370. The highest BCUT2D eigenvalue weighted by molar-refractivity contribution is 6.44. The molecule has 8 heteroatoms. The lowest BCUT2D eigenvalue weighted by Gasteiger charge is -2.31. The van der Waals surface area contributed by atoms with Crippen LogP contribution < -0.4 is 7.58 Å². The highest BCUT2D eigenvalue weighted by Crippen LogP contribution is 2.41. The first-order valence-corrected chi connectivity index (χ1v) is 17.6. The summed E-state index contributed by atoms with van der Waals surface area (Å²) in [5.74, 6) is 1.38. The van der Waals surface area contributed by atoms with Crippen molar-refractivity contribution in [1.82, 2.24) is 0 Å². The maximum Gasteiger partial charge on any atom is 0.947 e. The van der Waals surface area contributed by atoms with E-state index >= 15 is 0 Å². The third kappa shape index (κ3) is 7.89. The van der Waals surface area contributed by atoms with Gasteiger partial charge in [0.25, 0.3) is 0 Å². The lowest BCUT2D eigenvalue weighted by atomic mass is 9.79. The third-order valence-electron chi connectivity index (χ3n) is 8.67. The fourth-order valence-corrected chi connectivity index (χ4v) is 7.00. The van der Waals surface area contributed by atoms with Crippen molar-refractivity contribution in [3.8, 4) is 11.5 Å². The van der Waals surface area contributed by atoms with Gasteiger partial charge in [0.05, 0.1) is 23.6 Å². The van der Waals surface area contributed by atoms with E-state index in [1.807, 2.05) is 12.4 Å². The Kier molecular flexibility index (Phi) is 9.73. The zero-order chi connectivity index (χ0) is 32.7. The van der Waals surface area contributed by atoms with Crippen molar-refractivity contribution in [3.05, 3.63) is 68.1 Å². The van der Waals surface area contributed by atoms with Crippen molar-refractivity contribution >= 4 is 27.5 Å². The van der Waals surface area contributed by atoms with Gasteiger partial charge in [-0.1, -0.05) is 112 Å². The second-order valence-electron chi connectivity index (χ2n) is 16.6. The van der Waals surface area contributed by atoms with Crippen LogP contribution in [-0.4, -0.2) is 39.5 Å². The molecule has 0 unspecified atom stereocenters. The first kappa shape index (κ1) is 34.1. The molecule has 2 aliphatic rings. The molecule has 1 fully saturated rings. The summed E-state index contributed by atoms with van der Waals surface area (Å²) in [5.41, 5.74) is 15.4. The smallest absolute Gasteiger partial charge is 0.609 e. The van der Waals surface area contributed by atoms with E-state index < -0.39 is 15.0 Å². The number of rotatable bonds is 1. The van der Waals surface area contributed by atoms with Crippen LogP contribution in [0, 0.1) is 0 Å². The molecule has 1 heterocycles. The number of hydrogen-bond acceptors (Lipinski definition) is 5. The Balaban J connectivity index is 2.05. The molecule has 2 aromatic rings. The molecule has 0 bridgehead atoms. The molecular weight excluding hydrogens is 561 g/mol. The Morgan fingerprint density at radius 3 is 1.36 bits per heavy atom. The van der Waals surface area contributed by atoms with Gasteiger partial charge in [-0.3, -0.25) is 9.98 Å². The van der Waals surface area contributed by atoms with E-state index in [0.717, 1.165) is 47.9 Å². The Labute approximate surface area is 270 Å². The molecule has 0 N–H and O–H groups in total. The Morgan fingerprint density at radius 1 is 0.659 bits per heavy atom. The van der Waals surface area contributed by atoms with Gasteiger partial charge in [0.2, 0.25) is 0 Å². The average molecular weight is 614 g/mol. The van der Waals surface area contributed by atoms with Crippen LogP contribution in [0.2, 0.25) is 0 Å². The van der Waals surface area contributed by atoms with Crippen molar-refractivity contribution in [2.75, 3.05) is 0 Å². The second kappa shape index (κ2) is 12.5. The Hall–Kier alpha value is -2.78. The van der Waals surface area contributed by atoms with Gasteiger partial charge < -0.3 is 7.58 Å². The fraction of sp³-hybridized carbons (Fsp3) is 0.611. The first-order chi connectivity index (χ1) is 20.3. The number of nitrogens with zero attached hydrogens (tertiary/aromatic N) is 5. The summed E-state index contributed by atoms with van der Waals surface area (Å²) >= 11 is -3.04. The summed E-state index contributed by atoms with van der Waals surface area (Å²) < 4.78 is 17.8. The summed E-state index contributed by atoms with van der Waals surface area (Å²) in [4.78, 5) is 13.6. The largest absolute Gasteiger partial charge is 0.947 e. The normalized spacial score (nSPS) is 19.6. The molecule has 0 aromatic heterocycles. The molecule has 0 radical (unpaired) electrons. The predicted molar refractivity (Wildman–Crippen MR) is 185 cm³/mol. The summed E-state index contributed by atoms with van der Waals surface area (Å²) in [6, 6.07) is 8.99. The van der Waals surface area contributed by atoms with Crippen LogP contribution >= 0.6 is 0 Å². The topological polar surface area (TPSA) is 91.9 Å². The van der Waals surface area contributed by atoms with Gasteiger partial charge in [0.15, 0.2) is 0 Å². The third-order valence-corrected chi connectivity index (χ3v) is 9.84. The van der Waals surface area contributed by atoms with Crippen LogP contribution in [0.4, 0.5) is 0 Å². The van der Waals surface area contributed by atoms with Crippen LogP contribution in [0.15, 0.2) is 38.3 Å². The van der Waals surface area contributed by atoms with Crippen LogP contribution in [0.1, 0.15) is 142 Å². The van der Waals surface area contributed by atoms with E-state index in [1.54, 1.807) is 0 Å². The van der Waals surface area contributed by atoms with Crippen LogP contribution in [0.5, 0.6) is 11.5 Å². The van der Waals surface area contributed by atoms with Crippen LogP contribution in [0.25, 0.3) is 10.4 Å². The van der Waals surface area contributed by atoms with Crippen LogP contribution in [-0.2, 0) is 21.7 Å². The lowest BCUT2D eigenvalue weighted by molar-refractivity contribution is 0.390. The molecule has 4 rings (SSSR count). The van der Waals surface area contributed by atoms with Gasteiger partial charge in [-0.05, 0) is 79.3 Å². The lowest BCUT2D eigenvalue weighted by Crippen LogP contribution is -2.32. The molecule has 0 saturated heterocycles. The number of aliphatic imine (C=N–C) groups is 2. The summed E-state index contributed by atoms with van der Waals surface area (Å²) in [6.07, 6.45) is 8.22. The van der Waals surface area contributed by atoms with Gasteiger partial charge in [-0.15, -0.1) is 0 Å². The second-order valence-corrected chi connectivity index (χ2v) is 17.9. The fourth-order valence-electron chi connectivity index (χ4n) is 5.84. The van der Waals surface area contributed by atoms with E-state index in [-0.39, 0.29) is 33.7 Å². The first-order valence-electron chi connectivity index (χ1n) is 16.1. The van der Waals surface area contributed by atoms with E-state index in [2.05, 4.69) is 116 Å². The van der Waals surface area contributed by atoms with E-state index in [0.29, 0.717) is 11.5 Å². The van der Waals surface area contributed by atoms with Crippen molar-refractivity contribution in [2.45, 2.75) is 143 Å². The molecule has 1 saturated carbocycles. The average Bonchev–Trinajstić information content (AvgIpc) is 2.90. The minimum absolute atomic E-state index is 0.0763. The van der Waals surface area contributed by atoms with Crippen molar-refractivity contribution in [1.29, 1.82) is 0 Å². The molecule has 2 aromatic carbocycles. The quantitative estimate of drug-likeness (QED) is 0.139. The van der Waals surface area contributed by atoms with E-state index in [9.17, 15) is 5.53 Å². The van der Waals surface area contributed by atoms with Crippen molar-refractivity contribution in [2.24, 2.45) is 14.1 Å². The standard InChI is InChI=1S/C36H54N2O2.Al.N3/c1-33(2,3)25-17-23(31(39)27(19-25)35(7,8)9)21-37-29-15-13-14-16-30(29)38-22-24-18-26(34(4,5)6)20-28(32(24)40)36(10,11)12;;1-3-2/h17-22,29-30,39-40H,13-16H2,1-12H3;;/q;+3;-1/p-2/t29-,30+;;. The molecule has 44 heavy (non-hydrogen) atoms. The number of azide groups is 1. The summed E-state index contributed by atoms with van der Waals surface area (Å²) in [7, 11) is 0. The summed E-state index contributed by atoms with van der Waals surface area (Å²) in [5, 5.41) is 0. The van der Waals surface area contributed by atoms with Crippen molar-refractivity contribution < 1.29 is 7.58 Å². The summed E-state index contributed by atoms with van der Waals surface area (Å²) in [6.45, 7) is 26.5. The van der Waals surface area contributed by atoms with Gasteiger partial charge in [0, 0.05) is 23.6 Å². The minimum Gasteiger partial charge on any atom is -0.609 e. The highest BCUT2D eigenvalue weighted by atomic mass is 27.2. The number of hydrogen-bond donors (Lipinski definition) is 0. The van der Waals surface area contributed by atoms with E-state index in [1.165, 1.54) is 11.1 Å². The van der Waals surface area contributed by atoms with Gasteiger partial charge in [-0.25, -0.2) is 0 Å². The zero-order valence-electron chi connectivity index (χ0n) is 29.1. The molecule has 2 atom stereocenters. The van der Waals surface area contributed by atoms with Crippen molar-refractivity contribution in [3.63, 3.8) is 0 Å². The maximum atomic E-state index is 9.73. The number of fused-ring (bicyclic) bond motifs is 3. The minimum atomic E-state index is -3.04. The molecular formula is C36H52AlN5O2. The highest BCUT2D eigenvalue weighted by Gasteiger charge is 2.38. The van der Waals surface area contributed by atoms with Gasteiger partial charge >= 0.3 is 15.0 Å². The zero-order valence-corrected chi connectivity index (χ0v) is 30.2. The molecule has 0 spiro atoms. The van der Waals surface area contributed by atoms with Crippen LogP contribution in [0.3, 0.4) is 0 Å². The maximum absolute atomic E-state index is 9.73. The monoisotopic (exact) mass is 613 g/mol. The van der Waals surface area contributed by atoms with Gasteiger partial charge in [0.1, 0.15) is 0 Å². The SMILES string of the molecule is CC(C)(C)c1cc2c(c(C(C)(C)C)c1)[O][Al]([N]=[N+]=[N-])[O]c1c(cc(C(C)(C)C)cc1C(C)(C)C)C=N[C@@H]1CCCC[C@@H]1N=C2.